The highest BCUT2D eigenvalue weighted by atomic mass is 16.5. The summed E-state index contributed by atoms with van der Waals surface area (Å²) in [6, 6.07) is 8.46. The molecular weight excluding hydrogens is 214 g/mol. The highest BCUT2D eigenvalue weighted by Crippen LogP contribution is 2.24. The Kier molecular flexibility index (Phi) is 4.40. The van der Waals surface area contributed by atoms with E-state index in [1.54, 1.807) is 7.11 Å². The van der Waals surface area contributed by atoms with Gasteiger partial charge in [0, 0.05) is 18.8 Å². The number of anilines is 1. The van der Waals surface area contributed by atoms with Crippen molar-refractivity contribution in [1.82, 2.24) is 0 Å². The van der Waals surface area contributed by atoms with E-state index in [2.05, 4.69) is 11.4 Å². The maximum absolute atomic E-state index is 9.10. The van der Waals surface area contributed by atoms with E-state index in [1.807, 2.05) is 18.2 Å². The highest BCUT2D eigenvalue weighted by Gasteiger charge is 2.21. The molecule has 2 N–H and O–H groups in total. The van der Waals surface area contributed by atoms with Gasteiger partial charge in [-0.05, 0) is 43.4 Å². The van der Waals surface area contributed by atoms with Gasteiger partial charge in [0.25, 0.3) is 0 Å². The summed E-state index contributed by atoms with van der Waals surface area (Å²) in [5, 5.41) is 12.6. The normalized spacial score (nSPS) is 24.6. The zero-order valence-electron chi connectivity index (χ0n) is 10.4. The molecule has 0 aromatic heterocycles. The average molecular weight is 235 g/mol. The number of aliphatic hydroxyl groups is 1. The van der Waals surface area contributed by atoms with Crippen LogP contribution in [0, 0.1) is 0 Å². The van der Waals surface area contributed by atoms with E-state index in [-0.39, 0.29) is 6.61 Å². The second-order valence-electron chi connectivity index (χ2n) is 4.72. The molecule has 0 saturated heterocycles. The monoisotopic (exact) mass is 235 g/mol. The maximum atomic E-state index is 9.10. The molecule has 1 aliphatic carbocycles. The zero-order chi connectivity index (χ0) is 12.1. The molecule has 0 aliphatic heterocycles. The standard InChI is InChI=1S/C14H21NO2/c1-17-14-7-3-6-13(9-14)15-12-5-2-4-11(8-12)10-16/h2,4-5,8,13-16H,3,6-7,9-10H2,1H3. The Morgan fingerprint density at radius 1 is 1.41 bits per heavy atom. The summed E-state index contributed by atoms with van der Waals surface area (Å²) in [6.45, 7) is 0.0981. The van der Waals surface area contributed by atoms with Crippen LogP contribution in [0.2, 0.25) is 0 Å². The van der Waals surface area contributed by atoms with Crippen molar-refractivity contribution in [2.24, 2.45) is 0 Å². The minimum atomic E-state index is 0.0981. The smallest absolute Gasteiger partial charge is 0.0682 e. The van der Waals surface area contributed by atoms with Crippen molar-refractivity contribution in [1.29, 1.82) is 0 Å². The van der Waals surface area contributed by atoms with Gasteiger partial charge in [-0.1, -0.05) is 12.1 Å². The predicted octanol–water partition coefficient (Wildman–Crippen LogP) is 2.55. The molecule has 2 unspecified atom stereocenters. The van der Waals surface area contributed by atoms with Gasteiger partial charge in [0.1, 0.15) is 0 Å². The van der Waals surface area contributed by atoms with E-state index in [4.69, 9.17) is 9.84 Å². The highest BCUT2D eigenvalue weighted by molar-refractivity contribution is 5.46. The lowest BCUT2D eigenvalue weighted by Gasteiger charge is -2.29. The van der Waals surface area contributed by atoms with Crippen LogP contribution in [0.4, 0.5) is 5.69 Å². The van der Waals surface area contributed by atoms with Gasteiger partial charge in [0.15, 0.2) is 0 Å². The molecule has 1 saturated carbocycles. The second-order valence-corrected chi connectivity index (χ2v) is 4.72. The van der Waals surface area contributed by atoms with Crippen molar-refractivity contribution in [2.45, 2.75) is 44.4 Å². The third kappa shape index (κ3) is 3.45. The van der Waals surface area contributed by atoms with Gasteiger partial charge in [-0.15, -0.1) is 0 Å². The molecule has 17 heavy (non-hydrogen) atoms. The molecule has 2 atom stereocenters. The van der Waals surface area contributed by atoms with Gasteiger partial charge >= 0.3 is 0 Å². The summed E-state index contributed by atoms with van der Waals surface area (Å²) >= 11 is 0. The van der Waals surface area contributed by atoms with E-state index in [1.165, 1.54) is 19.3 Å². The lowest BCUT2D eigenvalue weighted by atomic mass is 9.92. The van der Waals surface area contributed by atoms with E-state index in [9.17, 15) is 0 Å². The van der Waals surface area contributed by atoms with Crippen molar-refractivity contribution >= 4 is 5.69 Å². The molecule has 1 fully saturated rings. The number of ether oxygens (including phenoxy) is 1. The topological polar surface area (TPSA) is 41.5 Å². The first-order valence-corrected chi connectivity index (χ1v) is 6.31. The van der Waals surface area contributed by atoms with Crippen molar-refractivity contribution in [3.05, 3.63) is 29.8 Å². The molecule has 0 bridgehead atoms. The summed E-state index contributed by atoms with van der Waals surface area (Å²) < 4.78 is 5.42. The largest absolute Gasteiger partial charge is 0.392 e. The van der Waals surface area contributed by atoms with Crippen LogP contribution in [0.25, 0.3) is 0 Å². The van der Waals surface area contributed by atoms with Crippen LogP contribution in [0.15, 0.2) is 24.3 Å². The summed E-state index contributed by atoms with van der Waals surface area (Å²) in [4.78, 5) is 0. The third-order valence-electron chi connectivity index (χ3n) is 3.44. The van der Waals surface area contributed by atoms with Crippen LogP contribution in [0.5, 0.6) is 0 Å². The number of rotatable bonds is 4. The first-order valence-electron chi connectivity index (χ1n) is 6.31. The fraction of sp³-hybridized carbons (Fsp3) is 0.571. The van der Waals surface area contributed by atoms with E-state index >= 15 is 0 Å². The molecule has 3 nitrogen and oxygen atoms in total. The Bertz CT molecular complexity index is 354. The maximum Gasteiger partial charge on any atom is 0.0682 e. The van der Waals surface area contributed by atoms with Gasteiger partial charge in [-0.25, -0.2) is 0 Å². The van der Waals surface area contributed by atoms with Crippen LogP contribution in [-0.2, 0) is 11.3 Å². The van der Waals surface area contributed by atoms with Gasteiger partial charge in [0.05, 0.1) is 12.7 Å². The second kappa shape index (κ2) is 6.03. The number of nitrogens with one attached hydrogen (secondary N) is 1. The molecule has 0 spiro atoms. The lowest BCUT2D eigenvalue weighted by Crippen LogP contribution is -2.31. The van der Waals surface area contributed by atoms with Gasteiger partial charge < -0.3 is 15.2 Å². The summed E-state index contributed by atoms with van der Waals surface area (Å²) in [7, 11) is 1.79. The van der Waals surface area contributed by atoms with E-state index in [0.717, 1.165) is 17.7 Å². The third-order valence-corrected chi connectivity index (χ3v) is 3.44. The van der Waals surface area contributed by atoms with Gasteiger partial charge in [-0.3, -0.25) is 0 Å². The van der Waals surface area contributed by atoms with Gasteiger partial charge in [-0.2, -0.15) is 0 Å². The number of hydrogen-bond acceptors (Lipinski definition) is 3. The molecule has 94 valence electrons. The minimum absolute atomic E-state index is 0.0981. The Morgan fingerprint density at radius 2 is 2.29 bits per heavy atom. The number of methoxy groups -OCH3 is 1. The predicted molar refractivity (Wildman–Crippen MR) is 69.0 cm³/mol. The Hall–Kier alpha value is -1.06. The van der Waals surface area contributed by atoms with Crippen molar-refractivity contribution < 1.29 is 9.84 Å². The van der Waals surface area contributed by atoms with Gasteiger partial charge in [0.2, 0.25) is 0 Å². The number of benzene rings is 1. The number of aliphatic hydroxyl groups excluding tert-OH is 1. The number of hydrogen-bond donors (Lipinski definition) is 2. The zero-order valence-corrected chi connectivity index (χ0v) is 10.4. The lowest BCUT2D eigenvalue weighted by molar-refractivity contribution is 0.0669. The van der Waals surface area contributed by atoms with Crippen LogP contribution in [-0.4, -0.2) is 24.4 Å². The van der Waals surface area contributed by atoms with E-state index < -0.39 is 0 Å². The Balaban J connectivity index is 1.95. The molecule has 3 heteroatoms. The van der Waals surface area contributed by atoms with Crippen molar-refractivity contribution in [2.75, 3.05) is 12.4 Å². The average Bonchev–Trinajstić information content (AvgIpc) is 2.39. The minimum Gasteiger partial charge on any atom is -0.392 e. The first-order chi connectivity index (χ1) is 8.31. The van der Waals surface area contributed by atoms with Crippen LogP contribution in [0.3, 0.4) is 0 Å². The van der Waals surface area contributed by atoms with Crippen LogP contribution >= 0.6 is 0 Å². The van der Waals surface area contributed by atoms with Crippen LogP contribution < -0.4 is 5.32 Å². The molecule has 2 rings (SSSR count). The molecule has 1 aliphatic rings. The van der Waals surface area contributed by atoms with Crippen molar-refractivity contribution in [3.8, 4) is 0 Å². The first kappa shape index (κ1) is 12.4. The van der Waals surface area contributed by atoms with E-state index in [0.29, 0.717) is 12.1 Å². The molecule has 0 heterocycles. The molecule has 1 aromatic carbocycles. The summed E-state index contributed by atoms with van der Waals surface area (Å²) in [5.74, 6) is 0. The molecular formula is C14H21NO2. The quantitative estimate of drug-likeness (QED) is 0.842. The summed E-state index contributed by atoms with van der Waals surface area (Å²) in [5.41, 5.74) is 2.05. The SMILES string of the molecule is COC1CCCC(Nc2cccc(CO)c2)C1. The molecule has 0 radical (unpaired) electrons. The van der Waals surface area contributed by atoms with Crippen LogP contribution in [0.1, 0.15) is 31.2 Å². The molecule has 0 amide bonds. The molecule has 1 aromatic rings. The fourth-order valence-corrected chi connectivity index (χ4v) is 2.49. The summed E-state index contributed by atoms with van der Waals surface area (Å²) in [6.07, 6.45) is 5.05. The fourth-order valence-electron chi connectivity index (χ4n) is 2.49. The Morgan fingerprint density at radius 3 is 3.06 bits per heavy atom. The van der Waals surface area contributed by atoms with Crippen molar-refractivity contribution in [3.63, 3.8) is 0 Å². The Labute approximate surface area is 103 Å².